The Kier molecular flexibility index (Phi) is 5.41. The molecule has 1 nitrogen and oxygen atoms in total. The molecule has 4 heteroatoms. The van der Waals surface area contributed by atoms with Crippen molar-refractivity contribution in [3.63, 3.8) is 0 Å². The normalized spacial score (nSPS) is 21.5. The van der Waals surface area contributed by atoms with E-state index in [-0.39, 0.29) is 6.04 Å². The monoisotopic (exact) mass is 367 g/mol. The summed E-state index contributed by atoms with van der Waals surface area (Å²) >= 11 is 18.6. The van der Waals surface area contributed by atoms with Crippen LogP contribution in [0.3, 0.4) is 0 Å². The molecule has 3 rings (SSSR count). The number of nitrogens with zero attached hydrogens (tertiary/aromatic N) is 1. The van der Waals surface area contributed by atoms with Crippen LogP contribution in [0, 0.1) is 5.92 Å². The summed E-state index contributed by atoms with van der Waals surface area (Å²) in [5.41, 5.74) is 2.35. The average Bonchev–Trinajstić information content (AvgIpc) is 2.55. The summed E-state index contributed by atoms with van der Waals surface area (Å²) in [4.78, 5) is 2.46. The molecule has 122 valence electrons. The zero-order valence-electron chi connectivity index (χ0n) is 13.1. The number of halogens is 3. The summed E-state index contributed by atoms with van der Waals surface area (Å²) in [7, 11) is 0. The van der Waals surface area contributed by atoms with Gasteiger partial charge in [0.1, 0.15) is 0 Å². The van der Waals surface area contributed by atoms with Gasteiger partial charge in [-0.05, 0) is 60.7 Å². The Morgan fingerprint density at radius 1 is 0.957 bits per heavy atom. The third-order valence-corrected chi connectivity index (χ3v) is 5.55. The zero-order valence-corrected chi connectivity index (χ0v) is 15.4. The number of rotatable bonds is 3. The molecule has 1 saturated heterocycles. The molecular formula is C19H20Cl3N. The van der Waals surface area contributed by atoms with Gasteiger partial charge in [-0.25, -0.2) is 0 Å². The summed E-state index contributed by atoms with van der Waals surface area (Å²) in [6, 6.07) is 14.2. The Morgan fingerprint density at radius 3 is 2.30 bits per heavy atom. The number of hydrogen-bond donors (Lipinski definition) is 0. The standard InChI is InChI=1S/C19H20Cl3N/c1-2-13-3-10-19(17-9-6-15(21)11-18(17)22)23(12-13)16-7-4-14(20)5-8-16/h4-9,11,13,19H,2-3,10,12H2,1H3/t13-,19?/m1/s1. The lowest BCUT2D eigenvalue weighted by atomic mass is 9.87. The first-order valence-corrected chi connectivity index (χ1v) is 9.19. The van der Waals surface area contributed by atoms with Crippen LogP contribution in [-0.4, -0.2) is 6.54 Å². The number of hydrogen-bond acceptors (Lipinski definition) is 1. The van der Waals surface area contributed by atoms with Gasteiger partial charge in [0.05, 0.1) is 6.04 Å². The topological polar surface area (TPSA) is 3.24 Å². The van der Waals surface area contributed by atoms with E-state index in [1.54, 1.807) is 0 Å². The number of benzene rings is 2. The van der Waals surface area contributed by atoms with Gasteiger partial charge >= 0.3 is 0 Å². The fourth-order valence-corrected chi connectivity index (χ4v) is 4.05. The van der Waals surface area contributed by atoms with Crippen LogP contribution in [-0.2, 0) is 0 Å². The van der Waals surface area contributed by atoms with Crippen LogP contribution in [0.25, 0.3) is 0 Å². The van der Waals surface area contributed by atoms with Crippen molar-refractivity contribution < 1.29 is 0 Å². The van der Waals surface area contributed by atoms with Crippen molar-refractivity contribution in [2.75, 3.05) is 11.4 Å². The summed E-state index contributed by atoms with van der Waals surface area (Å²) in [6.07, 6.45) is 3.53. The van der Waals surface area contributed by atoms with Crippen LogP contribution in [0.5, 0.6) is 0 Å². The molecule has 1 fully saturated rings. The highest BCUT2D eigenvalue weighted by Gasteiger charge is 2.30. The van der Waals surface area contributed by atoms with Crippen molar-refractivity contribution in [2.24, 2.45) is 5.92 Å². The quantitative estimate of drug-likeness (QED) is 0.563. The highest BCUT2D eigenvalue weighted by molar-refractivity contribution is 6.35. The van der Waals surface area contributed by atoms with Gasteiger partial charge in [0, 0.05) is 27.3 Å². The second-order valence-electron chi connectivity index (χ2n) is 6.16. The molecule has 0 saturated carbocycles. The van der Waals surface area contributed by atoms with Gasteiger partial charge in [-0.1, -0.05) is 54.2 Å². The molecule has 1 heterocycles. The SMILES string of the molecule is CC[C@@H]1CCC(c2ccc(Cl)cc2Cl)N(c2ccc(Cl)cc2)C1. The molecule has 0 aliphatic carbocycles. The maximum Gasteiger partial charge on any atom is 0.0557 e. The zero-order chi connectivity index (χ0) is 16.4. The van der Waals surface area contributed by atoms with E-state index in [9.17, 15) is 0 Å². The second-order valence-corrected chi connectivity index (χ2v) is 7.44. The minimum atomic E-state index is 0.281. The van der Waals surface area contributed by atoms with Gasteiger partial charge in [0.25, 0.3) is 0 Å². The molecule has 0 spiro atoms. The fourth-order valence-electron chi connectivity index (χ4n) is 3.39. The predicted molar refractivity (Wildman–Crippen MR) is 101 cm³/mol. The Morgan fingerprint density at radius 2 is 1.65 bits per heavy atom. The van der Waals surface area contributed by atoms with Crippen molar-refractivity contribution in [2.45, 2.75) is 32.2 Å². The minimum absolute atomic E-state index is 0.281. The van der Waals surface area contributed by atoms with Crippen molar-refractivity contribution >= 4 is 40.5 Å². The molecule has 23 heavy (non-hydrogen) atoms. The Hall–Kier alpha value is -0.890. The van der Waals surface area contributed by atoms with E-state index in [1.807, 2.05) is 24.3 Å². The van der Waals surface area contributed by atoms with Crippen molar-refractivity contribution in [1.82, 2.24) is 0 Å². The summed E-state index contributed by atoms with van der Waals surface area (Å²) in [5, 5.41) is 2.19. The summed E-state index contributed by atoms with van der Waals surface area (Å²) < 4.78 is 0. The van der Waals surface area contributed by atoms with Crippen LogP contribution < -0.4 is 4.90 Å². The average molecular weight is 369 g/mol. The van der Waals surface area contributed by atoms with Crippen LogP contribution in [0.1, 0.15) is 37.8 Å². The maximum absolute atomic E-state index is 6.48. The Labute approximate surface area is 153 Å². The van der Waals surface area contributed by atoms with E-state index >= 15 is 0 Å². The molecule has 1 aliphatic heterocycles. The van der Waals surface area contributed by atoms with Gasteiger partial charge in [0.15, 0.2) is 0 Å². The summed E-state index contributed by atoms with van der Waals surface area (Å²) in [5.74, 6) is 0.716. The first kappa shape index (κ1) is 17.0. The Bertz CT molecular complexity index is 669. The van der Waals surface area contributed by atoms with Crippen LogP contribution >= 0.6 is 34.8 Å². The fraction of sp³-hybridized carbons (Fsp3) is 0.368. The number of piperidine rings is 1. The molecular weight excluding hydrogens is 349 g/mol. The molecule has 1 unspecified atom stereocenters. The third kappa shape index (κ3) is 3.79. The van der Waals surface area contributed by atoms with Gasteiger partial charge in [-0.2, -0.15) is 0 Å². The van der Waals surface area contributed by atoms with Crippen molar-refractivity contribution in [1.29, 1.82) is 0 Å². The van der Waals surface area contributed by atoms with E-state index in [0.29, 0.717) is 10.9 Å². The first-order valence-electron chi connectivity index (χ1n) is 8.05. The van der Waals surface area contributed by atoms with E-state index < -0.39 is 0 Å². The molecule has 2 aromatic carbocycles. The van der Waals surface area contributed by atoms with E-state index in [2.05, 4.69) is 30.0 Å². The molecule has 2 aromatic rings. The van der Waals surface area contributed by atoms with E-state index in [1.165, 1.54) is 18.5 Å². The van der Waals surface area contributed by atoms with Gasteiger partial charge in [-0.3, -0.25) is 0 Å². The molecule has 1 aliphatic rings. The number of anilines is 1. The van der Waals surface area contributed by atoms with E-state index in [0.717, 1.165) is 28.6 Å². The first-order chi connectivity index (χ1) is 11.1. The minimum Gasteiger partial charge on any atom is -0.364 e. The Balaban J connectivity index is 1.97. The van der Waals surface area contributed by atoms with Crippen molar-refractivity contribution in [3.8, 4) is 0 Å². The smallest absolute Gasteiger partial charge is 0.0557 e. The predicted octanol–water partition coefficient (Wildman–Crippen LogP) is 7.01. The van der Waals surface area contributed by atoms with Crippen LogP contribution in [0.15, 0.2) is 42.5 Å². The molecule has 2 atom stereocenters. The second kappa shape index (κ2) is 7.34. The molecule has 0 radical (unpaired) electrons. The molecule has 0 bridgehead atoms. The largest absolute Gasteiger partial charge is 0.364 e. The highest BCUT2D eigenvalue weighted by Crippen LogP contribution is 2.41. The lowest BCUT2D eigenvalue weighted by Gasteiger charge is -2.42. The maximum atomic E-state index is 6.48. The van der Waals surface area contributed by atoms with Crippen molar-refractivity contribution in [3.05, 3.63) is 63.1 Å². The van der Waals surface area contributed by atoms with Crippen LogP contribution in [0.4, 0.5) is 5.69 Å². The van der Waals surface area contributed by atoms with Crippen LogP contribution in [0.2, 0.25) is 15.1 Å². The van der Waals surface area contributed by atoms with E-state index in [4.69, 9.17) is 34.8 Å². The van der Waals surface area contributed by atoms with Gasteiger partial charge in [0.2, 0.25) is 0 Å². The molecule has 0 amide bonds. The lowest BCUT2D eigenvalue weighted by Crippen LogP contribution is -2.38. The van der Waals surface area contributed by atoms with Gasteiger partial charge < -0.3 is 4.90 Å². The highest BCUT2D eigenvalue weighted by atomic mass is 35.5. The summed E-state index contributed by atoms with van der Waals surface area (Å²) in [6.45, 7) is 3.31. The van der Waals surface area contributed by atoms with Gasteiger partial charge in [-0.15, -0.1) is 0 Å². The lowest BCUT2D eigenvalue weighted by molar-refractivity contribution is 0.352. The molecule has 0 aromatic heterocycles. The molecule has 0 N–H and O–H groups in total. The third-order valence-electron chi connectivity index (χ3n) is 4.74.